The molecule has 4 nitrogen and oxygen atoms in total. The van der Waals surface area contributed by atoms with Crippen molar-refractivity contribution >= 4 is 6.16 Å². The summed E-state index contributed by atoms with van der Waals surface area (Å²) < 4.78 is 15.5. The van der Waals surface area contributed by atoms with E-state index in [2.05, 4.69) is 13.8 Å². The van der Waals surface area contributed by atoms with E-state index in [1.807, 2.05) is 6.92 Å². The van der Waals surface area contributed by atoms with Crippen molar-refractivity contribution in [2.45, 2.75) is 39.7 Å². The van der Waals surface area contributed by atoms with Crippen LogP contribution in [-0.2, 0) is 14.2 Å². The fourth-order valence-corrected chi connectivity index (χ4v) is 1.48. The molecule has 0 aliphatic carbocycles. The molecule has 0 unspecified atom stereocenters. The zero-order valence-electron chi connectivity index (χ0n) is 9.75. The molecule has 0 radical (unpaired) electrons. The highest BCUT2D eigenvalue weighted by atomic mass is 16.7. The lowest BCUT2D eigenvalue weighted by Crippen LogP contribution is -2.41. The van der Waals surface area contributed by atoms with Gasteiger partial charge >= 0.3 is 6.16 Å². The molecule has 1 fully saturated rings. The van der Waals surface area contributed by atoms with Crippen molar-refractivity contribution in [3.63, 3.8) is 0 Å². The lowest BCUT2D eigenvalue weighted by atomic mass is 9.93. The number of carbonyl (C=O) groups excluding carboxylic acids is 1. The number of ether oxygens (including phenoxy) is 3. The monoisotopic (exact) mass is 216 g/mol. The van der Waals surface area contributed by atoms with Gasteiger partial charge in [0.1, 0.15) is 13.2 Å². The van der Waals surface area contributed by atoms with E-state index in [0.29, 0.717) is 25.9 Å². The summed E-state index contributed by atoms with van der Waals surface area (Å²) in [5.74, 6) is 0. The van der Waals surface area contributed by atoms with Crippen LogP contribution in [0.3, 0.4) is 0 Å². The topological polar surface area (TPSA) is 44.8 Å². The highest BCUT2D eigenvalue weighted by Crippen LogP contribution is 2.23. The molecule has 0 aromatic heterocycles. The van der Waals surface area contributed by atoms with E-state index in [1.165, 1.54) is 0 Å². The van der Waals surface area contributed by atoms with Crippen LogP contribution in [0.2, 0.25) is 0 Å². The third-order valence-corrected chi connectivity index (χ3v) is 2.66. The van der Waals surface area contributed by atoms with Crippen molar-refractivity contribution in [3.05, 3.63) is 0 Å². The lowest BCUT2D eigenvalue weighted by Gasteiger charge is -2.33. The molecule has 1 aliphatic rings. The van der Waals surface area contributed by atoms with Crippen LogP contribution in [0.25, 0.3) is 0 Å². The predicted molar refractivity (Wildman–Crippen MR) is 55.7 cm³/mol. The average molecular weight is 216 g/mol. The van der Waals surface area contributed by atoms with Crippen molar-refractivity contribution in [2.75, 3.05) is 19.8 Å². The summed E-state index contributed by atoms with van der Waals surface area (Å²) >= 11 is 0. The minimum absolute atomic E-state index is 0.198. The fourth-order valence-electron chi connectivity index (χ4n) is 1.48. The van der Waals surface area contributed by atoms with Crippen LogP contribution >= 0.6 is 0 Å². The Labute approximate surface area is 90.9 Å². The third kappa shape index (κ3) is 3.70. The Morgan fingerprint density at radius 1 is 1.33 bits per heavy atom. The standard InChI is InChI=1S/C11H20O4/c1-4-9(5-2)13-6-11(3)7-14-10(12)15-8-11/h9H,4-8H2,1-3H3. The van der Waals surface area contributed by atoms with Crippen molar-refractivity contribution in [3.8, 4) is 0 Å². The van der Waals surface area contributed by atoms with Gasteiger partial charge in [-0.05, 0) is 12.8 Å². The van der Waals surface area contributed by atoms with Gasteiger partial charge in [-0.15, -0.1) is 0 Å². The van der Waals surface area contributed by atoms with Gasteiger partial charge < -0.3 is 14.2 Å². The quantitative estimate of drug-likeness (QED) is 0.662. The van der Waals surface area contributed by atoms with E-state index >= 15 is 0 Å². The second-order valence-electron chi connectivity index (χ2n) is 4.39. The molecular weight excluding hydrogens is 196 g/mol. The van der Waals surface area contributed by atoms with Gasteiger partial charge in [-0.1, -0.05) is 20.8 Å². The molecule has 0 bridgehead atoms. The first-order valence-corrected chi connectivity index (χ1v) is 5.51. The van der Waals surface area contributed by atoms with Crippen LogP contribution < -0.4 is 0 Å². The van der Waals surface area contributed by atoms with Gasteiger partial charge in [0.05, 0.1) is 18.1 Å². The predicted octanol–water partition coefficient (Wildman–Crippen LogP) is 2.36. The minimum Gasteiger partial charge on any atom is -0.433 e. The maximum atomic E-state index is 10.7. The Bertz CT molecular complexity index is 201. The van der Waals surface area contributed by atoms with Crippen LogP contribution in [0.15, 0.2) is 0 Å². The molecule has 0 aromatic rings. The second kappa shape index (κ2) is 5.35. The molecule has 88 valence electrons. The van der Waals surface area contributed by atoms with Crippen LogP contribution in [0, 0.1) is 5.41 Å². The molecule has 1 aliphatic heterocycles. The lowest BCUT2D eigenvalue weighted by molar-refractivity contribution is -0.0992. The van der Waals surface area contributed by atoms with Crippen LogP contribution in [0.1, 0.15) is 33.6 Å². The Balaban J connectivity index is 2.33. The molecule has 0 saturated carbocycles. The number of cyclic esters (lactones) is 2. The smallest absolute Gasteiger partial charge is 0.433 e. The SMILES string of the molecule is CCC(CC)OCC1(C)COC(=O)OC1. The van der Waals surface area contributed by atoms with Gasteiger partial charge in [0.25, 0.3) is 0 Å². The molecule has 0 spiro atoms. The first-order valence-electron chi connectivity index (χ1n) is 5.51. The fraction of sp³-hybridized carbons (Fsp3) is 0.909. The van der Waals surface area contributed by atoms with Crippen LogP contribution in [0.5, 0.6) is 0 Å². The Hall–Kier alpha value is -0.770. The summed E-state index contributed by atoms with van der Waals surface area (Å²) in [6, 6.07) is 0. The number of hydrogen-bond acceptors (Lipinski definition) is 4. The highest BCUT2D eigenvalue weighted by molar-refractivity contribution is 5.60. The summed E-state index contributed by atoms with van der Waals surface area (Å²) in [6.45, 7) is 7.55. The summed E-state index contributed by atoms with van der Waals surface area (Å²) in [6.07, 6.45) is 1.73. The molecule has 1 rings (SSSR count). The Kier molecular flexibility index (Phi) is 4.39. The van der Waals surface area contributed by atoms with E-state index < -0.39 is 6.16 Å². The second-order valence-corrected chi connectivity index (χ2v) is 4.39. The molecule has 4 heteroatoms. The zero-order valence-corrected chi connectivity index (χ0v) is 9.75. The van der Waals surface area contributed by atoms with Gasteiger partial charge in [-0.3, -0.25) is 0 Å². The normalized spacial score (nSPS) is 19.9. The largest absolute Gasteiger partial charge is 0.508 e. The maximum Gasteiger partial charge on any atom is 0.508 e. The molecule has 0 atom stereocenters. The number of carbonyl (C=O) groups is 1. The van der Waals surface area contributed by atoms with Gasteiger partial charge in [0.2, 0.25) is 0 Å². The van der Waals surface area contributed by atoms with E-state index in [9.17, 15) is 4.79 Å². The zero-order chi connectivity index (χ0) is 11.3. The first kappa shape index (κ1) is 12.3. The van der Waals surface area contributed by atoms with Crippen LogP contribution in [0.4, 0.5) is 4.79 Å². The number of rotatable bonds is 5. The summed E-state index contributed by atoms with van der Waals surface area (Å²) in [4.78, 5) is 10.7. The highest BCUT2D eigenvalue weighted by Gasteiger charge is 2.34. The molecular formula is C11H20O4. The molecule has 1 saturated heterocycles. The van der Waals surface area contributed by atoms with E-state index in [1.54, 1.807) is 0 Å². The summed E-state index contributed by atoms with van der Waals surface area (Å²) in [5, 5.41) is 0. The molecule has 1 heterocycles. The van der Waals surface area contributed by atoms with Crippen LogP contribution in [-0.4, -0.2) is 32.1 Å². The van der Waals surface area contributed by atoms with E-state index in [4.69, 9.17) is 14.2 Å². The third-order valence-electron chi connectivity index (χ3n) is 2.66. The molecule has 0 N–H and O–H groups in total. The van der Waals surface area contributed by atoms with Crippen molar-refractivity contribution in [1.29, 1.82) is 0 Å². The van der Waals surface area contributed by atoms with Crippen molar-refractivity contribution in [1.82, 2.24) is 0 Å². The average Bonchev–Trinajstić information content (AvgIpc) is 2.25. The van der Waals surface area contributed by atoms with Gasteiger partial charge in [-0.25, -0.2) is 4.79 Å². The van der Waals surface area contributed by atoms with Gasteiger partial charge in [0, 0.05) is 0 Å². The summed E-state index contributed by atoms with van der Waals surface area (Å²) in [5.41, 5.74) is -0.198. The Morgan fingerprint density at radius 2 is 1.87 bits per heavy atom. The van der Waals surface area contributed by atoms with Gasteiger partial charge in [-0.2, -0.15) is 0 Å². The maximum absolute atomic E-state index is 10.7. The minimum atomic E-state index is -0.574. The molecule has 0 amide bonds. The first-order chi connectivity index (χ1) is 7.09. The van der Waals surface area contributed by atoms with Crippen molar-refractivity contribution < 1.29 is 19.0 Å². The van der Waals surface area contributed by atoms with E-state index in [0.717, 1.165) is 12.8 Å². The van der Waals surface area contributed by atoms with Crippen molar-refractivity contribution in [2.24, 2.45) is 5.41 Å². The molecule has 15 heavy (non-hydrogen) atoms. The summed E-state index contributed by atoms with van der Waals surface area (Å²) in [7, 11) is 0. The number of hydrogen-bond donors (Lipinski definition) is 0. The molecule has 0 aromatic carbocycles. The Morgan fingerprint density at radius 3 is 2.33 bits per heavy atom. The van der Waals surface area contributed by atoms with Gasteiger partial charge in [0.15, 0.2) is 0 Å². The van der Waals surface area contributed by atoms with E-state index in [-0.39, 0.29) is 5.41 Å².